The Labute approximate surface area is 145 Å². The van der Waals surface area contributed by atoms with E-state index < -0.39 is 29.2 Å². The van der Waals surface area contributed by atoms with Gasteiger partial charge in [-0.25, -0.2) is 22.5 Å². The lowest BCUT2D eigenvalue weighted by Gasteiger charge is -2.09. The van der Waals surface area contributed by atoms with Gasteiger partial charge in [-0.15, -0.1) is 0 Å². The average Bonchev–Trinajstić information content (AvgIpc) is 2.61. The van der Waals surface area contributed by atoms with Crippen LogP contribution in [-0.2, 0) is 0 Å². The minimum atomic E-state index is -1.09. The van der Waals surface area contributed by atoms with Gasteiger partial charge in [0.15, 0.2) is 11.6 Å². The number of anilines is 3. The van der Waals surface area contributed by atoms with Crippen molar-refractivity contribution in [2.45, 2.75) is 0 Å². The van der Waals surface area contributed by atoms with Gasteiger partial charge >= 0.3 is 0 Å². The van der Waals surface area contributed by atoms with Crippen LogP contribution in [-0.4, -0.2) is 10.9 Å². The molecule has 26 heavy (non-hydrogen) atoms. The summed E-state index contributed by atoms with van der Waals surface area (Å²) < 4.78 is 52.5. The molecule has 0 fully saturated rings. The summed E-state index contributed by atoms with van der Waals surface area (Å²) >= 11 is 0. The maximum atomic E-state index is 13.6. The van der Waals surface area contributed by atoms with Crippen LogP contribution in [0.15, 0.2) is 54.7 Å². The molecule has 0 unspecified atom stereocenters. The fourth-order valence-electron chi connectivity index (χ4n) is 2.12. The van der Waals surface area contributed by atoms with Gasteiger partial charge in [-0.05, 0) is 36.4 Å². The van der Waals surface area contributed by atoms with E-state index in [1.165, 1.54) is 30.5 Å². The molecule has 1 amide bonds. The molecule has 0 aliphatic carbocycles. The lowest BCUT2D eigenvalue weighted by Crippen LogP contribution is -2.14. The number of halogens is 4. The highest BCUT2D eigenvalue weighted by Crippen LogP contribution is 2.20. The first-order valence-electron chi connectivity index (χ1n) is 7.37. The van der Waals surface area contributed by atoms with Crippen LogP contribution in [0.1, 0.15) is 10.5 Å². The minimum absolute atomic E-state index is 0.0138. The van der Waals surface area contributed by atoms with Crippen LogP contribution in [0, 0.1) is 23.3 Å². The number of carbonyl (C=O) groups excluding carboxylic acids is 1. The van der Waals surface area contributed by atoms with E-state index in [-0.39, 0.29) is 17.1 Å². The Morgan fingerprint density at radius 3 is 2.23 bits per heavy atom. The Bertz CT molecular complexity index is 961. The third-order valence-electron chi connectivity index (χ3n) is 3.38. The monoisotopic (exact) mass is 361 g/mol. The second-order valence-electron chi connectivity index (χ2n) is 5.26. The zero-order valence-corrected chi connectivity index (χ0v) is 13.1. The van der Waals surface area contributed by atoms with Crippen molar-refractivity contribution in [1.82, 2.24) is 4.98 Å². The summed E-state index contributed by atoms with van der Waals surface area (Å²) in [7, 11) is 0. The van der Waals surface area contributed by atoms with Gasteiger partial charge < -0.3 is 10.6 Å². The highest BCUT2D eigenvalue weighted by atomic mass is 19.2. The van der Waals surface area contributed by atoms with Crippen LogP contribution in [0.25, 0.3) is 0 Å². The summed E-state index contributed by atoms with van der Waals surface area (Å²) in [6.45, 7) is 0. The summed E-state index contributed by atoms with van der Waals surface area (Å²) in [5, 5.41) is 5.08. The maximum Gasteiger partial charge on any atom is 0.274 e. The average molecular weight is 361 g/mol. The van der Waals surface area contributed by atoms with E-state index in [1.807, 2.05) is 0 Å². The topological polar surface area (TPSA) is 54.0 Å². The maximum absolute atomic E-state index is 13.6. The second kappa shape index (κ2) is 7.22. The van der Waals surface area contributed by atoms with E-state index >= 15 is 0 Å². The van der Waals surface area contributed by atoms with E-state index in [0.29, 0.717) is 5.69 Å². The molecule has 0 aliphatic rings. The van der Waals surface area contributed by atoms with E-state index in [4.69, 9.17) is 0 Å². The first-order chi connectivity index (χ1) is 12.4. The van der Waals surface area contributed by atoms with Gasteiger partial charge in [0.2, 0.25) is 0 Å². The van der Waals surface area contributed by atoms with Crippen LogP contribution in [0.2, 0.25) is 0 Å². The Morgan fingerprint density at radius 1 is 0.808 bits per heavy atom. The number of pyridine rings is 1. The Hall–Kier alpha value is -3.42. The molecule has 0 atom stereocenters. The van der Waals surface area contributed by atoms with E-state index in [9.17, 15) is 22.4 Å². The third-order valence-corrected chi connectivity index (χ3v) is 3.38. The van der Waals surface area contributed by atoms with Gasteiger partial charge in [0.1, 0.15) is 17.3 Å². The molecular formula is C18H11F4N3O. The van der Waals surface area contributed by atoms with E-state index in [2.05, 4.69) is 15.6 Å². The molecule has 2 aromatic carbocycles. The Balaban J connectivity index is 1.70. The molecule has 8 heteroatoms. The molecule has 0 spiro atoms. The number of rotatable bonds is 4. The number of carbonyl (C=O) groups is 1. The van der Waals surface area contributed by atoms with Gasteiger partial charge in [0, 0.05) is 17.8 Å². The number of nitrogens with zero attached hydrogens (tertiary/aromatic N) is 1. The summed E-state index contributed by atoms with van der Waals surface area (Å²) in [6, 6.07) is 8.85. The van der Waals surface area contributed by atoms with Crippen molar-refractivity contribution in [2.24, 2.45) is 0 Å². The lowest BCUT2D eigenvalue weighted by atomic mass is 10.2. The van der Waals surface area contributed by atoms with E-state index in [1.54, 1.807) is 0 Å². The molecule has 2 N–H and O–H groups in total. The normalized spacial score (nSPS) is 10.5. The molecule has 4 nitrogen and oxygen atoms in total. The molecule has 3 rings (SSSR count). The first kappa shape index (κ1) is 17.4. The quantitative estimate of drug-likeness (QED) is 0.666. The largest absolute Gasteiger partial charge is 0.352 e. The highest BCUT2D eigenvalue weighted by molar-refractivity contribution is 6.02. The number of benzene rings is 2. The van der Waals surface area contributed by atoms with Crippen molar-refractivity contribution in [3.63, 3.8) is 0 Å². The molecular weight excluding hydrogens is 350 g/mol. The fraction of sp³-hybridized carbons (Fsp3) is 0. The zero-order chi connectivity index (χ0) is 18.7. The highest BCUT2D eigenvalue weighted by Gasteiger charge is 2.10. The zero-order valence-electron chi connectivity index (χ0n) is 13.1. The van der Waals surface area contributed by atoms with Gasteiger partial charge in [-0.2, -0.15) is 0 Å². The molecule has 1 aromatic heterocycles. The summed E-state index contributed by atoms with van der Waals surface area (Å²) in [4.78, 5) is 16.0. The van der Waals surface area contributed by atoms with Gasteiger partial charge in [0.25, 0.3) is 5.91 Å². The lowest BCUT2D eigenvalue weighted by molar-refractivity contribution is 0.102. The molecule has 0 saturated heterocycles. The number of nitrogens with one attached hydrogen (secondary N) is 2. The summed E-state index contributed by atoms with van der Waals surface area (Å²) in [5.74, 6) is -4.21. The summed E-state index contributed by atoms with van der Waals surface area (Å²) in [6.07, 6.45) is 1.28. The van der Waals surface area contributed by atoms with Gasteiger partial charge in [0.05, 0.1) is 17.6 Å². The van der Waals surface area contributed by atoms with Crippen molar-refractivity contribution >= 4 is 23.0 Å². The van der Waals surface area contributed by atoms with Gasteiger partial charge in [-0.1, -0.05) is 0 Å². The molecule has 0 radical (unpaired) electrons. The first-order valence-corrected chi connectivity index (χ1v) is 7.37. The fourth-order valence-corrected chi connectivity index (χ4v) is 2.12. The smallest absolute Gasteiger partial charge is 0.274 e. The predicted octanol–water partition coefficient (Wildman–Crippen LogP) is 4.63. The predicted molar refractivity (Wildman–Crippen MR) is 88.2 cm³/mol. The van der Waals surface area contributed by atoms with Crippen LogP contribution >= 0.6 is 0 Å². The number of hydrogen-bond donors (Lipinski definition) is 2. The standard InChI is InChI=1S/C18H11F4N3O/c19-10-1-5-16(15(22)7-10)24-12-3-6-17(23-9-12)18(26)25-11-2-4-13(20)14(21)8-11/h1-9,24H,(H,25,26). The van der Waals surface area contributed by atoms with Gasteiger partial charge in [-0.3, -0.25) is 4.79 Å². The van der Waals surface area contributed by atoms with Crippen molar-refractivity contribution in [3.8, 4) is 0 Å². The SMILES string of the molecule is O=C(Nc1ccc(F)c(F)c1)c1ccc(Nc2ccc(F)cc2F)cn1. The molecule has 0 bridgehead atoms. The van der Waals surface area contributed by atoms with Crippen LogP contribution in [0.3, 0.4) is 0 Å². The Morgan fingerprint density at radius 2 is 1.58 bits per heavy atom. The molecule has 3 aromatic rings. The minimum Gasteiger partial charge on any atom is -0.352 e. The Kier molecular flexibility index (Phi) is 4.83. The summed E-state index contributed by atoms with van der Waals surface area (Å²) in [5.41, 5.74) is 0.512. The molecule has 1 heterocycles. The van der Waals surface area contributed by atoms with Crippen molar-refractivity contribution in [3.05, 3.63) is 83.7 Å². The number of aromatic nitrogens is 1. The second-order valence-corrected chi connectivity index (χ2v) is 5.26. The molecule has 132 valence electrons. The van der Waals surface area contributed by atoms with Crippen LogP contribution in [0.5, 0.6) is 0 Å². The third kappa shape index (κ3) is 3.97. The molecule has 0 aliphatic heterocycles. The van der Waals surface area contributed by atoms with Crippen molar-refractivity contribution < 1.29 is 22.4 Å². The van der Waals surface area contributed by atoms with E-state index in [0.717, 1.165) is 24.3 Å². The van der Waals surface area contributed by atoms with Crippen LogP contribution in [0.4, 0.5) is 34.6 Å². The van der Waals surface area contributed by atoms with Crippen molar-refractivity contribution in [2.75, 3.05) is 10.6 Å². The number of amides is 1. The number of hydrogen-bond acceptors (Lipinski definition) is 3. The van der Waals surface area contributed by atoms with Crippen molar-refractivity contribution in [1.29, 1.82) is 0 Å². The van der Waals surface area contributed by atoms with Crippen LogP contribution < -0.4 is 10.6 Å². The molecule has 0 saturated carbocycles.